The van der Waals surface area contributed by atoms with Crippen molar-refractivity contribution in [2.24, 2.45) is 0 Å². The first-order valence-corrected chi connectivity index (χ1v) is 4.38. The number of hydrogen-bond acceptors (Lipinski definition) is 2. The third-order valence-electron chi connectivity index (χ3n) is 1.67. The molecular formula is C10H14FNO. The van der Waals surface area contributed by atoms with E-state index in [1.54, 1.807) is 13.1 Å². The molecule has 0 radical (unpaired) electrons. The molecule has 0 saturated heterocycles. The molecule has 1 N–H and O–H groups in total. The lowest BCUT2D eigenvalue weighted by Crippen LogP contribution is -1.99. The van der Waals surface area contributed by atoms with Crippen molar-refractivity contribution in [1.82, 2.24) is 0 Å². The molecule has 0 atom stereocenters. The molecule has 0 heterocycles. The topological polar surface area (TPSA) is 21.3 Å². The maximum atomic E-state index is 12.8. The highest BCUT2D eigenvalue weighted by Crippen LogP contribution is 2.24. The van der Waals surface area contributed by atoms with E-state index in [1.807, 2.05) is 6.92 Å². The quantitative estimate of drug-likeness (QED) is 0.774. The van der Waals surface area contributed by atoms with E-state index in [4.69, 9.17) is 4.74 Å². The molecule has 3 heteroatoms. The average Bonchev–Trinajstić information content (AvgIpc) is 2.16. The Morgan fingerprint density at radius 3 is 2.85 bits per heavy atom. The monoisotopic (exact) mass is 183 g/mol. The summed E-state index contributed by atoms with van der Waals surface area (Å²) in [7, 11) is 1.74. The van der Waals surface area contributed by atoms with Crippen molar-refractivity contribution in [1.29, 1.82) is 0 Å². The first-order chi connectivity index (χ1) is 6.27. The molecule has 1 rings (SSSR count). The van der Waals surface area contributed by atoms with Crippen LogP contribution in [-0.2, 0) is 0 Å². The van der Waals surface area contributed by atoms with E-state index in [0.717, 1.165) is 6.42 Å². The van der Waals surface area contributed by atoms with Crippen LogP contribution in [0.15, 0.2) is 18.2 Å². The summed E-state index contributed by atoms with van der Waals surface area (Å²) in [6.07, 6.45) is 0.945. The molecule has 72 valence electrons. The molecular weight excluding hydrogens is 169 g/mol. The lowest BCUT2D eigenvalue weighted by molar-refractivity contribution is 0.318. The highest BCUT2D eigenvalue weighted by atomic mass is 19.1. The summed E-state index contributed by atoms with van der Waals surface area (Å²) in [6, 6.07) is 4.45. The highest BCUT2D eigenvalue weighted by Gasteiger charge is 2.02. The van der Waals surface area contributed by atoms with Gasteiger partial charge in [0.25, 0.3) is 0 Å². The third kappa shape index (κ3) is 2.61. The molecule has 0 aliphatic heterocycles. The van der Waals surface area contributed by atoms with Crippen molar-refractivity contribution < 1.29 is 9.13 Å². The zero-order valence-corrected chi connectivity index (χ0v) is 7.93. The van der Waals surface area contributed by atoms with E-state index >= 15 is 0 Å². The van der Waals surface area contributed by atoms with Gasteiger partial charge in [-0.05, 0) is 18.6 Å². The van der Waals surface area contributed by atoms with Gasteiger partial charge >= 0.3 is 0 Å². The summed E-state index contributed by atoms with van der Waals surface area (Å²) >= 11 is 0. The molecule has 0 amide bonds. The average molecular weight is 183 g/mol. The number of nitrogens with one attached hydrogen (secondary N) is 1. The van der Waals surface area contributed by atoms with Crippen LogP contribution in [0.4, 0.5) is 10.1 Å². The van der Waals surface area contributed by atoms with Gasteiger partial charge < -0.3 is 10.1 Å². The van der Waals surface area contributed by atoms with Gasteiger partial charge in [0.05, 0.1) is 12.3 Å². The van der Waals surface area contributed by atoms with Crippen LogP contribution in [0, 0.1) is 5.82 Å². The predicted octanol–water partition coefficient (Wildman–Crippen LogP) is 2.66. The van der Waals surface area contributed by atoms with Gasteiger partial charge in [0, 0.05) is 13.1 Å². The summed E-state index contributed by atoms with van der Waals surface area (Å²) in [5, 5.41) is 2.88. The van der Waals surface area contributed by atoms with Crippen molar-refractivity contribution >= 4 is 5.69 Å². The second-order valence-electron chi connectivity index (χ2n) is 2.74. The fraction of sp³-hybridized carbons (Fsp3) is 0.400. The van der Waals surface area contributed by atoms with Crippen LogP contribution < -0.4 is 10.1 Å². The molecule has 0 fully saturated rings. The van der Waals surface area contributed by atoms with Gasteiger partial charge in [-0.3, -0.25) is 0 Å². The standard InChI is InChI=1S/C10H14FNO/c1-3-6-13-10-5-4-8(11)7-9(10)12-2/h4-5,7,12H,3,6H2,1-2H3. The number of hydrogen-bond donors (Lipinski definition) is 1. The zero-order chi connectivity index (χ0) is 9.68. The largest absolute Gasteiger partial charge is 0.491 e. The minimum absolute atomic E-state index is 0.256. The van der Waals surface area contributed by atoms with Gasteiger partial charge in [0.2, 0.25) is 0 Å². The second-order valence-corrected chi connectivity index (χ2v) is 2.74. The SMILES string of the molecule is CCCOc1ccc(F)cc1NC. The Morgan fingerprint density at radius 1 is 1.46 bits per heavy atom. The molecule has 2 nitrogen and oxygen atoms in total. The fourth-order valence-electron chi connectivity index (χ4n) is 1.04. The van der Waals surface area contributed by atoms with Gasteiger partial charge in [0.1, 0.15) is 11.6 Å². The van der Waals surface area contributed by atoms with E-state index in [0.29, 0.717) is 18.0 Å². The highest BCUT2D eigenvalue weighted by molar-refractivity contribution is 5.55. The second kappa shape index (κ2) is 4.70. The molecule has 0 unspecified atom stereocenters. The Morgan fingerprint density at radius 2 is 2.23 bits per heavy atom. The number of halogens is 1. The molecule has 0 aliphatic carbocycles. The molecule has 0 saturated carbocycles. The van der Waals surface area contributed by atoms with Crippen LogP contribution in [0.25, 0.3) is 0 Å². The fourth-order valence-corrected chi connectivity index (χ4v) is 1.04. The van der Waals surface area contributed by atoms with E-state index in [2.05, 4.69) is 5.32 Å². The van der Waals surface area contributed by atoms with Gasteiger partial charge in [-0.2, -0.15) is 0 Å². The first-order valence-electron chi connectivity index (χ1n) is 4.38. The lowest BCUT2D eigenvalue weighted by Gasteiger charge is -2.09. The minimum Gasteiger partial charge on any atom is -0.491 e. The normalized spacial score (nSPS) is 9.77. The van der Waals surface area contributed by atoms with Crippen LogP contribution in [0.5, 0.6) is 5.75 Å². The maximum absolute atomic E-state index is 12.8. The molecule has 1 aromatic carbocycles. The Balaban J connectivity index is 2.79. The van der Waals surface area contributed by atoms with Gasteiger partial charge in [-0.25, -0.2) is 4.39 Å². The molecule has 0 aliphatic rings. The Labute approximate surface area is 77.7 Å². The summed E-state index contributed by atoms with van der Waals surface area (Å²) in [4.78, 5) is 0. The predicted molar refractivity (Wildman–Crippen MR) is 51.7 cm³/mol. The van der Waals surface area contributed by atoms with E-state index in [-0.39, 0.29) is 5.82 Å². The number of ether oxygens (including phenoxy) is 1. The zero-order valence-electron chi connectivity index (χ0n) is 7.93. The molecule has 0 spiro atoms. The van der Waals surface area contributed by atoms with Crippen molar-refractivity contribution in [3.8, 4) is 5.75 Å². The van der Waals surface area contributed by atoms with Crippen LogP contribution in [0.2, 0.25) is 0 Å². The summed E-state index contributed by atoms with van der Waals surface area (Å²) in [5.41, 5.74) is 0.688. The molecule has 0 aromatic heterocycles. The number of rotatable bonds is 4. The van der Waals surface area contributed by atoms with Gasteiger partial charge in [-0.15, -0.1) is 0 Å². The van der Waals surface area contributed by atoms with Crippen LogP contribution in [0.1, 0.15) is 13.3 Å². The number of benzene rings is 1. The lowest BCUT2D eigenvalue weighted by atomic mass is 10.3. The molecule has 0 bridgehead atoms. The minimum atomic E-state index is -0.256. The van der Waals surface area contributed by atoms with E-state index in [9.17, 15) is 4.39 Å². The third-order valence-corrected chi connectivity index (χ3v) is 1.67. The van der Waals surface area contributed by atoms with Crippen molar-refractivity contribution in [2.45, 2.75) is 13.3 Å². The van der Waals surface area contributed by atoms with Crippen molar-refractivity contribution in [3.05, 3.63) is 24.0 Å². The summed E-state index contributed by atoms with van der Waals surface area (Å²) in [6.45, 7) is 2.68. The Kier molecular flexibility index (Phi) is 3.55. The van der Waals surface area contributed by atoms with Gasteiger partial charge in [-0.1, -0.05) is 6.92 Å². The summed E-state index contributed by atoms with van der Waals surface area (Å²) in [5.74, 6) is 0.443. The van der Waals surface area contributed by atoms with Gasteiger partial charge in [0.15, 0.2) is 0 Å². The van der Waals surface area contributed by atoms with E-state index in [1.165, 1.54) is 12.1 Å². The van der Waals surface area contributed by atoms with Crippen molar-refractivity contribution in [2.75, 3.05) is 19.0 Å². The smallest absolute Gasteiger partial charge is 0.142 e. The maximum Gasteiger partial charge on any atom is 0.142 e. The van der Waals surface area contributed by atoms with Crippen LogP contribution in [-0.4, -0.2) is 13.7 Å². The summed E-state index contributed by atoms with van der Waals surface area (Å²) < 4.78 is 18.2. The first kappa shape index (κ1) is 9.84. The van der Waals surface area contributed by atoms with E-state index < -0.39 is 0 Å². The molecule has 13 heavy (non-hydrogen) atoms. The number of anilines is 1. The van der Waals surface area contributed by atoms with Crippen LogP contribution >= 0.6 is 0 Å². The Bertz CT molecular complexity index is 276. The molecule has 1 aromatic rings. The van der Waals surface area contributed by atoms with Crippen molar-refractivity contribution in [3.63, 3.8) is 0 Å². The van der Waals surface area contributed by atoms with Crippen LogP contribution in [0.3, 0.4) is 0 Å². The Hall–Kier alpha value is -1.25.